The SMILES string of the molecule is COc1nc(Cl)nc(N(C)Cc2cc(Br)cs2)n1. The lowest BCUT2D eigenvalue weighted by Gasteiger charge is -2.16. The largest absolute Gasteiger partial charge is 0.467 e. The van der Waals surface area contributed by atoms with Gasteiger partial charge in [0.2, 0.25) is 11.2 Å². The number of rotatable bonds is 4. The Balaban J connectivity index is 2.17. The van der Waals surface area contributed by atoms with Crippen LogP contribution in [0.3, 0.4) is 0 Å². The van der Waals surface area contributed by atoms with E-state index in [4.69, 9.17) is 16.3 Å². The molecule has 0 aliphatic heterocycles. The van der Waals surface area contributed by atoms with E-state index in [2.05, 4.69) is 36.9 Å². The summed E-state index contributed by atoms with van der Waals surface area (Å²) in [5, 5.41) is 2.15. The van der Waals surface area contributed by atoms with Crippen LogP contribution in [0.4, 0.5) is 5.95 Å². The molecule has 0 radical (unpaired) electrons. The van der Waals surface area contributed by atoms with Crippen molar-refractivity contribution in [2.75, 3.05) is 19.1 Å². The zero-order chi connectivity index (χ0) is 13.1. The number of aromatic nitrogens is 3. The maximum absolute atomic E-state index is 5.81. The van der Waals surface area contributed by atoms with Crippen LogP contribution in [-0.2, 0) is 6.54 Å². The molecule has 0 amide bonds. The quantitative estimate of drug-likeness (QED) is 0.849. The van der Waals surface area contributed by atoms with Crippen molar-refractivity contribution >= 4 is 44.8 Å². The number of anilines is 1. The average Bonchev–Trinajstić information content (AvgIpc) is 2.73. The summed E-state index contributed by atoms with van der Waals surface area (Å²) in [5.41, 5.74) is 0. The summed E-state index contributed by atoms with van der Waals surface area (Å²) in [4.78, 5) is 15.1. The summed E-state index contributed by atoms with van der Waals surface area (Å²) in [7, 11) is 3.38. The van der Waals surface area contributed by atoms with Crippen LogP contribution >= 0.6 is 38.9 Å². The highest BCUT2D eigenvalue weighted by molar-refractivity contribution is 9.10. The van der Waals surface area contributed by atoms with E-state index in [0.717, 1.165) is 4.47 Å². The van der Waals surface area contributed by atoms with Gasteiger partial charge in [0.1, 0.15) is 0 Å². The van der Waals surface area contributed by atoms with Crippen molar-refractivity contribution in [2.45, 2.75) is 6.54 Å². The van der Waals surface area contributed by atoms with E-state index in [1.807, 2.05) is 17.3 Å². The molecule has 0 aromatic carbocycles. The molecular weight excluding hydrogens is 340 g/mol. The van der Waals surface area contributed by atoms with E-state index in [1.54, 1.807) is 11.3 Å². The monoisotopic (exact) mass is 348 g/mol. The molecule has 0 bridgehead atoms. The van der Waals surface area contributed by atoms with Gasteiger partial charge in [-0.3, -0.25) is 0 Å². The molecule has 0 aliphatic carbocycles. The van der Waals surface area contributed by atoms with Crippen LogP contribution in [0.25, 0.3) is 0 Å². The Morgan fingerprint density at radius 2 is 2.22 bits per heavy atom. The normalized spacial score (nSPS) is 10.4. The number of halogens is 2. The lowest BCUT2D eigenvalue weighted by Crippen LogP contribution is -2.19. The van der Waals surface area contributed by atoms with Crippen molar-refractivity contribution in [1.82, 2.24) is 15.0 Å². The Labute approximate surface area is 122 Å². The first-order valence-corrected chi connectivity index (χ1v) is 7.03. The summed E-state index contributed by atoms with van der Waals surface area (Å²) in [5.74, 6) is 0.483. The lowest BCUT2D eigenvalue weighted by molar-refractivity contribution is 0.378. The molecule has 0 saturated heterocycles. The van der Waals surface area contributed by atoms with Gasteiger partial charge in [-0.1, -0.05) is 0 Å². The standard InChI is InChI=1S/C10H10BrClN4OS/c1-16(4-7-3-6(11)5-18-7)9-13-8(12)14-10(15-9)17-2/h3,5H,4H2,1-2H3. The number of hydrogen-bond acceptors (Lipinski definition) is 6. The molecule has 0 saturated carbocycles. The maximum atomic E-state index is 5.81. The second-order valence-corrected chi connectivity index (χ2v) is 5.73. The Kier molecular flexibility index (Phi) is 4.36. The van der Waals surface area contributed by atoms with Crippen LogP contribution in [-0.4, -0.2) is 29.1 Å². The average molecular weight is 350 g/mol. The zero-order valence-corrected chi connectivity index (χ0v) is 12.9. The van der Waals surface area contributed by atoms with Crippen LogP contribution < -0.4 is 9.64 Å². The first kappa shape index (κ1) is 13.5. The first-order chi connectivity index (χ1) is 8.58. The molecule has 0 atom stereocenters. The van der Waals surface area contributed by atoms with E-state index >= 15 is 0 Å². The van der Waals surface area contributed by atoms with Gasteiger partial charge in [0, 0.05) is 21.8 Å². The topological polar surface area (TPSA) is 51.1 Å². The van der Waals surface area contributed by atoms with Crippen LogP contribution in [0.2, 0.25) is 5.28 Å². The van der Waals surface area contributed by atoms with Gasteiger partial charge in [-0.05, 0) is 33.6 Å². The second kappa shape index (κ2) is 5.81. The first-order valence-electron chi connectivity index (χ1n) is 4.98. The molecule has 2 aromatic heterocycles. The van der Waals surface area contributed by atoms with Crippen molar-refractivity contribution in [1.29, 1.82) is 0 Å². The Morgan fingerprint density at radius 1 is 1.44 bits per heavy atom. The minimum absolute atomic E-state index is 0.121. The van der Waals surface area contributed by atoms with Gasteiger partial charge < -0.3 is 9.64 Å². The highest BCUT2D eigenvalue weighted by Crippen LogP contribution is 2.22. The highest BCUT2D eigenvalue weighted by atomic mass is 79.9. The highest BCUT2D eigenvalue weighted by Gasteiger charge is 2.11. The fraction of sp³-hybridized carbons (Fsp3) is 0.300. The van der Waals surface area contributed by atoms with E-state index in [9.17, 15) is 0 Å². The molecule has 0 aliphatic rings. The predicted octanol–water partition coefficient (Wildman–Crippen LogP) is 2.99. The summed E-state index contributed by atoms with van der Waals surface area (Å²) in [6.45, 7) is 0.694. The fourth-order valence-corrected chi connectivity index (χ4v) is 2.98. The molecular formula is C10H10BrClN4OS. The number of hydrogen-bond donors (Lipinski definition) is 0. The van der Waals surface area contributed by atoms with Gasteiger partial charge in [-0.25, -0.2) is 0 Å². The third kappa shape index (κ3) is 3.30. The van der Waals surface area contributed by atoms with E-state index in [1.165, 1.54) is 12.0 Å². The summed E-state index contributed by atoms with van der Waals surface area (Å²) in [6, 6.07) is 2.27. The van der Waals surface area contributed by atoms with Gasteiger partial charge in [0.25, 0.3) is 0 Å². The van der Waals surface area contributed by atoms with Gasteiger partial charge in [-0.15, -0.1) is 11.3 Å². The maximum Gasteiger partial charge on any atom is 0.322 e. The predicted molar refractivity (Wildman–Crippen MR) is 75.5 cm³/mol. The number of nitrogens with zero attached hydrogens (tertiary/aromatic N) is 4. The van der Waals surface area contributed by atoms with E-state index in [-0.39, 0.29) is 11.3 Å². The van der Waals surface area contributed by atoms with E-state index < -0.39 is 0 Å². The van der Waals surface area contributed by atoms with Crippen molar-refractivity contribution in [3.8, 4) is 6.01 Å². The number of methoxy groups -OCH3 is 1. The summed E-state index contributed by atoms with van der Waals surface area (Å²) >= 11 is 10.9. The van der Waals surface area contributed by atoms with Crippen molar-refractivity contribution in [2.24, 2.45) is 0 Å². The molecule has 0 fully saturated rings. The Hall–Kier alpha value is -0.920. The van der Waals surface area contributed by atoms with Crippen molar-refractivity contribution in [3.63, 3.8) is 0 Å². The minimum atomic E-state index is 0.121. The molecule has 5 nitrogen and oxygen atoms in total. The minimum Gasteiger partial charge on any atom is -0.467 e. The third-order valence-corrected chi connectivity index (χ3v) is 3.97. The van der Waals surface area contributed by atoms with Crippen LogP contribution in [0.1, 0.15) is 4.88 Å². The summed E-state index contributed by atoms with van der Waals surface area (Å²) < 4.78 is 6.03. The zero-order valence-electron chi connectivity index (χ0n) is 9.72. The smallest absolute Gasteiger partial charge is 0.322 e. The molecule has 18 heavy (non-hydrogen) atoms. The van der Waals surface area contributed by atoms with Crippen molar-refractivity contribution in [3.05, 3.63) is 26.1 Å². The van der Waals surface area contributed by atoms with Gasteiger partial charge in [-0.2, -0.15) is 15.0 Å². The number of thiophene rings is 1. The van der Waals surface area contributed by atoms with Gasteiger partial charge in [0.15, 0.2) is 0 Å². The molecule has 8 heteroatoms. The molecule has 96 valence electrons. The molecule has 2 rings (SSSR count). The Bertz CT molecular complexity index is 550. The molecule has 0 spiro atoms. The fourth-order valence-electron chi connectivity index (χ4n) is 1.33. The van der Waals surface area contributed by atoms with E-state index in [0.29, 0.717) is 12.5 Å². The Morgan fingerprint density at radius 3 is 2.83 bits per heavy atom. The molecule has 0 N–H and O–H groups in total. The molecule has 0 unspecified atom stereocenters. The van der Waals surface area contributed by atoms with Crippen LogP contribution in [0.5, 0.6) is 6.01 Å². The van der Waals surface area contributed by atoms with Crippen molar-refractivity contribution < 1.29 is 4.74 Å². The molecule has 2 aromatic rings. The summed E-state index contributed by atoms with van der Waals surface area (Å²) in [6.07, 6.45) is 0. The van der Waals surface area contributed by atoms with Crippen LogP contribution in [0.15, 0.2) is 15.9 Å². The van der Waals surface area contributed by atoms with Gasteiger partial charge in [0.05, 0.1) is 13.7 Å². The number of ether oxygens (including phenoxy) is 1. The van der Waals surface area contributed by atoms with Gasteiger partial charge >= 0.3 is 6.01 Å². The second-order valence-electron chi connectivity index (χ2n) is 3.48. The van der Waals surface area contributed by atoms with Crippen LogP contribution in [0, 0.1) is 0 Å². The molecule has 2 heterocycles. The lowest BCUT2D eigenvalue weighted by atomic mass is 10.4. The third-order valence-electron chi connectivity index (χ3n) is 2.11.